The Labute approximate surface area is 164 Å². The Morgan fingerprint density at radius 3 is 2.52 bits per heavy atom. The van der Waals surface area contributed by atoms with Crippen molar-refractivity contribution in [2.75, 3.05) is 0 Å². The number of nitrogens with zero attached hydrogens (tertiary/aromatic N) is 1. The van der Waals surface area contributed by atoms with Gasteiger partial charge in [-0.25, -0.2) is 4.98 Å². The maximum Gasteiger partial charge on any atom is 0.134 e. The minimum Gasteiger partial charge on any atom is -0.300 e. The Bertz CT molecular complexity index is 925. The fourth-order valence-electron chi connectivity index (χ4n) is 2.46. The van der Waals surface area contributed by atoms with E-state index in [-0.39, 0.29) is 5.78 Å². The number of allylic oxidation sites excluding steroid dienone is 1. The first kappa shape index (κ1) is 18.3. The summed E-state index contributed by atoms with van der Waals surface area (Å²) >= 11 is 15.1. The van der Waals surface area contributed by atoms with Gasteiger partial charge in [-0.15, -0.1) is 22.7 Å². The van der Waals surface area contributed by atoms with Crippen LogP contribution in [0.2, 0.25) is 8.67 Å². The third kappa shape index (κ3) is 4.59. The van der Waals surface area contributed by atoms with Crippen LogP contribution in [0.4, 0.5) is 0 Å². The average Bonchev–Trinajstić information content (AvgIpc) is 3.13. The van der Waals surface area contributed by atoms with Crippen molar-refractivity contribution < 1.29 is 4.79 Å². The van der Waals surface area contributed by atoms with Gasteiger partial charge < -0.3 is 0 Å². The van der Waals surface area contributed by atoms with Crippen LogP contribution in [0, 0.1) is 0 Å². The minimum absolute atomic E-state index is 0.161. The zero-order valence-corrected chi connectivity index (χ0v) is 16.7. The van der Waals surface area contributed by atoms with Gasteiger partial charge in [0.25, 0.3) is 0 Å². The molecular formula is C19H15Cl2NOS2. The highest BCUT2D eigenvalue weighted by Gasteiger charge is 2.13. The van der Waals surface area contributed by atoms with Gasteiger partial charge >= 0.3 is 0 Å². The summed E-state index contributed by atoms with van der Waals surface area (Å²) in [5, 5.41) is 2.97. The van der Waals surface area contributed by atoms with Crippen LogP contribution in [-0.4, -0.2) is 10.8 Å². The van der Waals surface area contributed by atoms with Gasteiger partial charge in [0.05, 0.1) is 15.0 Å². The van der Waals surface area contributed by atoms with E-state index in [1.54, 1.807) is 18.3 Å². The number of rotatable bonds is 6. The molecule has 2 heterocycles. The number of Topliss-reactive ketones (excluding diaryl/α,β-unsaturated/α-hetero) is 1. The van der Waals surface area contributed by atoms with Crippen molar-refractivity contribution >= 4 is 57.2 Å². The molecule has 0 atom stereocenters. The molecule has 0 saturated carbocycles. The van der Waals surface area contributed by atoms with Crippen LogP contribution in [0.3, 0.4) is 0 Å². The molecule has 6 heteroatoms. The number of ketones is 1. The predicted molar refractivity (Wildman–Crippen MR) is 109 cm³/mol. The van der Waals surface area contributed by atoms with Gasteiger partial charge in [0.15, 0.2) is 0 Å². The number of thiazole rings is 1. The Morgan fingerprint density at radius 1 is 1.20 bits per heavy atom. The van der Waals surface area contributed by atoms with E-state index in [2.05, 4.69) is 11.6 Å². The number of halogens is 2. The molecule has 0 fully saturated rings. The Kier molecular flexibility index (Phi) is 5.74. The quantitative estimate of drug-likeness (QED) is 0.462. The van der Waals surface area contributed by atoms with Crippen molar-refractivity contribution in [1.82, 2.24) is 4.98 Å². The summed E-state index contributed by atoms with van der Waals surface area (Å²) in [5.74, 6) is 0.161. The van der Waals surface area contributed by atoms with Crippen molar-refractivity contribution in [1.29, 1.82) is 0 Å². The SMILES string of the molecule is C=C(Cc1nc(-c2cc(Cl)sc2Cl)cs1)c1ccc(CC(C)=O)cc1. The number of benzene rings is 1. The Hall–Kier alpha value is -1.46. The summed E-state index contributed by atoms with van der Waals surface area (Å²) in [6.45, 7) is 5.77. The maximum atomic E-state index is 11.2. The molecule has 0 aliphatic heterocycles. The van der Waals surface area contributed by atoms with Gasteiger partial charge in [0, 0.05) is 23.8 Å². The molecule has 3 aromatic rings. The zero-order valence-electron chi connectivity index (χ0n) is 13.5. The lowest BCUT2D eigenvalue weighted by atomic mass is 10.0. The molecule has 3 rings (SSSR count). The van der Waals surface area contributed by atoms with E-state index in [4.69, 9.17) is 23.2 Å². The molecule has 0 unspecified atom stereocenters. The number of carbonyl (C=O) groups is 1. The highest BCUT2D eigenvalue weighted by Crippen LogP contribution is 2.38. The molecule has 0 aliphatic carbocycles. The van der Waals surface area contributed by atoms with Crippen LogP contribution in [0.25, 0.3) is 16.8 Å². The van der Waals surface area contributed by atoms with Crippen LogP contribution in [-0.2, 0) is 17.6 Å². The van der Waals surface area contributed by atoms with E-state index in [0.717, 1.165) is 33.0 Å². The standard InChI is InChI=1S/C19H15Cl2NOS2/c1-11(14-5-3-13(4-6-14)8-12(2)23)7-18-22-16(10-24-18)15-9-17(20)25-19(15)21/h3-6,9-10H,1,7-8H2,2H3. The minimum atomic E-state index is 0.161. The van der Waals surface area contributed by atoms with E-state index in [9.17, 15) is 4.79 Å². The van der Waals surface area contributed by atoms with Gasteiger partial charge in [0.1, 0.15) is 10.1 Å². The van der Waals surface area contributed by atoms with Gasteiger partial charge in [-0.2, -0.15) is 0 Å². The first-order valence-electron chi connectivity index (χ1n) is 7.58. The van der Waals surface area contributed by atoms with Crippen molar-refractivity contribution in [2.24, 2.45) is 0 Å². The van der Waals surface area contributed by atoms with Crippen LogP contribution in [0.5, 0.6) is 0 Å². The molecule has 128 valence electrons. The fraction of sp³-hybridized carbons (Fsp3) is 0.158. The predicted octanol–water partition coefficient (Wildman–Crippen LogP) is 6.57. The molecule has 0 amide bonds. The normalized spacial score (nSPS) is 10.8. The lowest BCUT2D eigenvalue weighted by Crippen LogP contribution is -1.96. The van der Waals surface area contributed by atoms with Gasteiger partial charge in [-0.05, 0) is 29.7 Å². The lowest BCUT2D eigenvalue weighted by Gasteiger charge is -2.05. The molecule has 2 nitrogen and oxygen atoms in total. The maximum absolute atomic E-state index is 11.2. The fourth-order valence-corrected chi connectivity index (χ4v) is 4.78. The van der Waals surface area contributed by atoms with Crippen molar-refractivity contribution in [2.45, 2.75) is 19.8 Å². The second-order valence-corrected chi connectivity index (χ2v) is 8.95. The molecule has 0 radical (unpaired) electrons. The van der Waals surface area contributed by atoms with Crippen molar-refractivity contribution in [3.63, 3.8) is 0 Å². The topological polar surface area (TPSA) is 30.0 Å². The third-order valence-corrected chi connectivity index (χ3v) is 6.00. The second kappa shape index (κ2) is 7.83. The second-order valence-electron chi connectivity index (χ2n) is 5.72. The number of hydrogen-bond acceptors (Lipinski definition) is 4. The summed E-state index contributed by atoms with van der Waals surface area (Å²) in [7, 11) is 0. The number of aromatic nitrogens is 1. The molecule has 1 aromatic carbocycles. The molecule has 0 bridgehead atoms. The van der Waals surface area contributed by atoms with Gasteiger partial charge in [0.2, 0.25) is 0 Å². The van der Waals surface area contributed by atoms with E-state index < -0.39 is 0 Å². The van der Waals surface area contributed by atoms with Crippen LogP contribution >= 0.6 is 45.9 Å². The van der Waals surface area contributed by atoms with Crippen LogP contribution in [0.15, 0.2) is 42.3 Å². The van der Waals surface area contributed by atoms with E-state index in [0.29, 0.717) is 21.5 Å². The Morgan fingerprint density at radius 2 is 1.92 bits per heavy atom. The first-order valence-corrected chi connectivity index (χ1v) is 10.0. The number of carbonyl (C=O) groups excluding carboxylic acids is 1. The Balaban J connectivity index is 1.71. The molecular weight excluding hydrogens is 393 g/mol. The highest BCUT2D eigenvalue weighted by atomic mass is 35.5. The summed E-state index contributed by atoms with van der Waals surface area (Å²) in [6.07, 6.45) is 1.14. The average molecular weight is 408 g/mol. The van der Waals surface area contributed by atoms with E-state index >= 15 is 0 Å². The molecule has 25 heavy (non-hydrogen) atoms. The molecule has 0 N–H and O–H groups in total. The van der Waals surface area contributed by atoms with Crippen molar-refractivity contribution in [3.8, 4) is 11.3 Å². The molecule has 0 spiro atoms. The van der Waals surface area contributed by atoms with Crippen LogP contribution < -0.4 is 0 Å². The van der Waals surface area contributed by atoms with Gasteiger partial charge in [-0.1, -0.05) is 54.0 Å². The zero-order chi connectivity index (χ0) is 18.0. The largest absolute Gasteiger partial charge is 0.300 e. The van der Waals surface area contributed by atoms with Crippen molar-refractivity contribution in [3.05, 3.63) is 67.1 Å². The van der Waals surface area contributed by atoms with E-state index in [1.807, 2.05) is 35.7 Å². The summed E-state index contributed by atoms with van der Waals surface area (Å²) in [6, 6.07) is 9.80. The number of thiophene rings is 1. The van der Waals surface area contributed by atoms with Crippen LogP contribution in [0.1, 0.15) is 23.1 Å². The molecule has 0 saturated heterocycles. The number of hydrogen-bond donors (Lipinski definition) is 0. The van der Waals surface area contributed by atoms with Gasteiger partial charge in [-0.3, -0.25) is 4.79 Å². The lowest BCUT2D eigenvalue weighted by molar-refractivity contribution is -0.116. The van der Waals surface area contributed by atoms with E-state index in [1.165, 1.54) is 11.3 Å². The summed E-state index contributed by atoms with van der Waals surface area (Å²) in [5.41, 5.74) is 4.78. The molecule has 2 aromatic heterocycles. The highest BCUT2D eigenvalue weighted by molar-refractivity contribution is 7.20. The monoisotopic (exact) mass is 407 g/mol. The smallest absolute Gasteiger partial charge is 0.134 e. The summed E-state index contributed by atoms with van der Waals surface area (Å²) in [4.78, 5) is 15.8. The first-order chi connectivity index (χ1) is 11.9. The third-order valence-electron chi connectivity index (χ3n) is 3.66. The molecule has 0 aliphatic rings. The summed E-state index contributed by atoms with van der Waals surface area (Å²) < 4.78 is 1.31.